The van der Waals surface area contributed by atoms with Gasteiger partial charge in [0.2, 0.25) is 17.7 Å². The van der Waals surface area contributed by atoms with Crippen LogP contribution in [0.15, 0.2) is 60.8 Å². The first kappa shape index (κ1) is 27.4. The van der Waals surface area contributed by atoms with Crippen LogP contribution in [0.5, 0.6) is 0 Å². The fraction of sp³-hybridized carbons (Fsp3) is 0.333. The Kier molecular flexibility index (Phi) is 9.39. The second kappa shape index (κ2) is 12.7. The van der Waals surface area contributed by atoms with E-state index in [-0.39, 0.29) is 25.3 Å². The Hall–Kier alpha value is -4.18. The first-order chi connectivity index (χ1) is 17.7. The molecule has 0 fully saturated rings. The van der Waals surface area contributed by atoms with Gasteiger partial charge in [0.05, 0.1) is 12.6 Å². The lowest BCUT2D eigenvalue weighted by Crippen LogP contribution is -2.55. The third kappa shape index (κ3) is 7.65. The molecule has 3 aromatic rings. The molecule has 2 aromatic carbocycles. The van der Waals surface area contributed by atoms with Gasteiger partial charge in [-0.25, -0.2) is 4.79 Å². The Labute approximate surface area is 215 Å². The molecular formula is C27H33N5O5. The summed E-state index contributed by atoms with van der Waals surface area (Å²) < 4.78 is 0. The largest absolute Gasteiger partial charge is 0.480 e. The number of rotatable bonds is 12. The lowest BCUT2D eigenvalue weighted by Gasteiger charge is -2.22. The van der Waals surface area contributed by atoms with Crippen molar-refractivity contribution in [3.05, 3.63) is 71.9 Å². The van der Waals surface area contributed by atoms with Crippen LogP contribution < -0.4 is 21.7 Å². The van der Waals surface area contributed by atoms with E-state index in [4.69, 9.17) is 5.73 Å². The Balaban J connectivity index is 1.75. The average Bonchev–Trinajstić information content (AvgIpc) is 3.29. The van der Waals surface area contributed by atoms with Crippen molar-refractivity contribution in [2.45, 2.75) is 44.8 Å². The highest BCUT2D eigenvalue weighted by atomic mass is 16.4. The monoisotopic (exact) mass is 507 g/mol. The van der Waals surface area contributed by atoms with E-state index in [9.17, 15) is 24.3 Å². The highest BCUT2D eigenvalue weighted by molar-refractivity contribution is 5.93. The van der Waals surface area contributed by atoms with Gasteiger partial charge >= 0.3 is 5.97 Å². The number of carboxylic acids is 1. The summed E-state index contributed by atoms with van der Waals surface area (Å²) in [6, 6.07) is 13.4. The van der Waals surface area contributed by atoms with Crippen molar-refractivity contribution in [2.24, 2.45) is 11.7 Å². The van der Waals surface area contributed by atoms with Crippen molar-refractivity contribution < 1.29 is 24.3 Å². The van der Waals surface area contributed by atoms with Crippen LogP contribution >= 0.6 is 0 Å². The number of carbonyl (C=O) groups is 4. The number of amides is 3. The van der Waals surface area contributed by atoms with Gasteiger partial charge < -0.3 is 31.8 Å². The molecule has 1 aromatic heterocycles. The minimum absolute atomic E-state index is 0.0822. The Bertz CT molecular complexity index is 1240. The van der Waals surface area contributed by atoms with Crippen molar-refractivity contribution in [1.29, 1.82) is 0 Å². The van der Waals surface area contributed by atoms with Gasteiger partial charge in [0.1, 0.15) is 12.1 Å². The molecule has 0 aliphatic carbocycles. The minimum Gasteiger partial charge on any atom is -0.480 e. The number of para-hydroxylation sites is 1. The number of carboxylic acid groups (broad SMARTS) is 1. The van der Waals surface area contributed by atoms with Gasteiger partial charge in [0, 0.05) is 29.9 Å². The van der Waals surface area contributed by atoms with Gasteiger partial charge in [-0.2, -0.15) is 0 Å². The van der Waals surface area contributed by atoms with Crippen molar-refractivity contribution in [3.8, 4) is 0 Å². The molecule has 3 unspecified atom stereocenters. The fourth-order valence-corrected chi connectivity index (χ4v) is 3.89. The maximum absolute atomic E-state index is 13.3. The molecular weight excluding hydrogens is 474 g/mol. The first-order valence-electron chi connectivity index (χ1n) is 12.1. The quantitative estimate of drug-likeness (QED) is 0.215. The molecule has 7 N–H and O–H groups in total. The predicted molar refractivity (Wildman–Crippen MR) is 139 cm³/mol. The first-order valence-corrected chi connectivity index (χ1v) is 12.1. The third-order valence-corrected chi connectivity index (χ3v) is 6.09. The highest BCUT2D eigenvalue weighted by Gasteiger charge is 2.28. The Morgan fingerprint density at radius 1 is 0.892 bits per heavy atom. The number of nitrogens with one attached hydrogen (secondary N) is 4. The van der Waals surface area contributed by atoms with Crippen LogP contribution in [0, 0.1) is 5.92 Å². The molecule has 0 saturated carbocycles. The van der Waals surface area contributed by atoms with E-state index in [2.05, 4.69) is 20.9 Å². The molecule has 0 aliphatic heterocycles. The van der Waals surface area contributed by atoms with Crippen molar-refractivity contribution >= 4 is 34.6 Å². The van der Waals surface area contributed by atoms with Gasteiger partial charge in [-0.1, -0.05) is 62.4 Å². The van der Waals surface area contributed by atoms with Crippen molar-refractivity contribution in [2.75, 3.05) is 6.54 Å². The number of carbonyl (C=O) groups excluding carboxylic acids is 3. The zero-order valence-corrected chi connectivity index (χ0v) is 20.9. The minimum atomic E-state index is -1.19. The molecule has 3 rings (SSSR count). The molecule has 3 amide bonds. The fourth-order valence-electron chi connectivity index (χ4n) is 3.89. The number of hydrogen-bond acceptors (Lipinski definition) is 5. The molecule has 3 atom stereocenters. The van der Waals surface area contributed by atoms with Crippen molar-refractivity contribution in [3.63, 3.8) is 0 Å². The lowest BCUT2D eigenvalue weighted by atomic mass is 10.0. The summed E-state index contributed by atoms with van der Waals surface area (Å²) in [6.07, 6.45) is 1.94. The summed E-state index contributed by atoms with van der Waals surface area (Å²) >= 11 is 0. The molecule has 0 radical (unpaired) electrons. The van der Waals surface area contributed by atoms with E-state index in [1.165, 1.54) is 0 Å². The Morgan fingerprint density at radius 2 is 1.57 bits per heavy atom. The standard InChI is InChI=1S/C27H33N5O5/c1-16(2)24(28)26(35)30-15-23(33)31-21(13-18-14-29-20-11-7-6-10-19(18)20)25(34)32-22(27(36)37)12-17-8-4-3-5-9-17/h3-11,14,16,21-22,24,29H,12-13,15,28H2,1-2H3,(H,30,35)(H,31,33)(H,32,34)(H,36,37). The molecule has 196 valence electrons. The average molecular weight is 508 g/mol. The number of benzene rings is 2. The van der Waals surface area contributed by atoms with Gasteiger partial charge in [-0.3, -0.25) is 14.4 Å². The van der Waals surface area contributed by atoms with Crippen LogP contribution in [0.3, 0.4) is 0 Å². The summed E-state index contributed by atoms with van der Waals surface area (Å²) in [5, 5.41) is 18.3. The van der Waals surface area contributed by atoms with E-state index < -0.39 is 41.8 Å². The van der Waals surface area contributed by atoms with Gasteiger partial charge in [-0.05, 0) is 23.1 Å². The number of fused-ring (bicyclic) bond motifs is 1. The normalized spacial score (nSPS) is 13.5. The number of hydrogen-bond donors (Lipinski definition) is 6. The van der Waals surface area contributed by atoms with Crippen LogP contribution in [0.25, 0.3) is 10.9 Å². The molecule has 0 aliphatic rings. The van der Waals surface area contributed by atoms with E-state index in [1.807, 2.05) is 30.3 Å². The van der Waals surface area contributed by atoms with E-state index in [0.29, 0.717) is 0 Å². The summed E-state index contributed by atoms with van der Waals surface area (Å²) in [5.74, 6) is -3.02. The molecule has 10 nitrogen and oxygen atoms in total. The van der Waals surface area contributed by atoms with Gasteiger partial charge in [0.15, 0.2) is 0 Å². The van der Waals surface area contributed by atoms with Crippen LogP contribution in [-0.2, 0) is 32.0 Å². The SMILES string of the molecule is CC(C)C(N)C(=O)NCC(=O)NC(Cc1c[nH]c2ccccc12)C(=O)NC(Cc1ccccc1)C(=O)O. The third-order valence-electron chi connectivity index (χ3n) is 6.09. The summed E-state index contributed by atoms with van der Waals surface area (Å²) in [5.41, 5.74) is 8.21. The number of aromatic amines is 1. The molecule has 10 heteroatoms. The van der Waals surface area contributed by atoms with Crippen molar-refractivity contribution in [1.82, 2.24) is 20.9 Å². The second-order valence-corrected chi connectivity index (χ2v) is 9.26. The maximum atomic E-state index is 13.3. The summed E-state index contributed by atoms with van der Waals surface area (Å²) in [7, 11) is 0. The Morgan fingerprint density at radius 3 is 2.24 bits per heavy atom. The lowest BCUT2D eigenvalue weighted by molar-refractivity contribution is -0.142. The maximum Gasteiger partial charge on any atom is 0.326 e. The van der Waals surface area contributed by atoms with Crippen LogP contribution in [0.1, 0.15) is 25.0 Å². The van der Waals surface area contributed by atoms with E-state index >= 15 is 0 Å². The van der Waals surface area contributed by atoms with E-state index in [0.717, 1.165) is 22.0 Å². The van der Waals surface area contributed by atoms with Gasteiger partial charge in [-0.15, -0.1) is 0 Å². The molecule has 0 spiro atoms. The smallest absolute Gasteiger partial charge is 0.326 e. The summed E-state index contributed by atoms with van der Waals surface area (Å²) in [6.45, 7) is 3.21. The molecule has 37 heavy (non-hydrogen) atoms. The van der Waals surface area contributed by atoms with Crippen LogP contribution in [0.4, 0.5) is 0 Å². The van der Waals surface area contributed by atoms with E-state index in [1.54, 1.807) is 44.3 Å². The van der Waals surface area contributed by atoms with Gasteiger partial charge in [0.25, 0.3) is 0 Å². The zero-order chi connectivity index (χ0) is 26.9. The number of aromatic nitrogens is 1. The summed E-state index contributed by atoms with van der Waals surface area (Å²) in [4.78, 5) is 53.1. The van der Waals surface area contributed by atoms with Crippen LogP contribution in [0.2, 0.25) is 0 Å². The second-order valence-electron chi connectivity index (χ2n) is 9.26. The van der Waals surface area contributed by atoms with Crippen LogP contribution in [-0.4, -0.2) is 58.5 Å². The molecule has 1 heterocycles. The number of aliphatic carboxylic acids is 1. The number of H-pyrrole nitrogens is 1. The highest BCUT2D eigenvalue weighted by Crippen LogP contribution is 2.19. The molecule has 0 bridgehead atoms. The number of nitrogens with two attached hydrogens (primary N) is 1. The predicted octanol–water partition coefficient (Wildman–Crippen LogP) is 1.11. The molecule has 0 saturated heterocycles. The zero-order valence-electron chi connectivity index (χ0n) is 20.9. The topological polar surface area (TPSA) is 166 Å².